The van der Waals surface area contributed by atoms with Gasteiger partial charge in [0.2, 0.25) is 0 Å². The molecule has 3 aromatic rings. The quantitative estimate of drug-likeness (QED) is 0.350. The molecule has 2 aromatic heterocycles. The molecule has 4 rings (SSSR count). The smallest absolute Gasteiger partial charge is 0.192 e. The lowest BCUT2D eigenvalue weighted by Gasteiger charge is -2.15. The number of benzene rings is 1. The predicted molar refractivity (Wildman–Crippen MR) is 115 cm³/mol. The fraction of sp³-hybridized carbons (Fsp3) is 0.421. The van der Waals surface area contributed by atoms with E-state index in [9.17, 15) is 5.11 Å². The first kappa shape index (κ1) is 22.3. The Morgan fingerprint density at radius 2 is 2.10 bits per heavy atom. The average Bonchev–Trinajstić information content (AvgIpc) is 3.39. The molecular weight excluding hydrogens is 445 g/mol. The minimum Gasteiger partial charge on any atom is -0.388 e. The van der Waals surface area contributed by atoms with E-state index in [4.69, 9.17) is 30.9 Å². The zero-order valence-electron chi connectivity index (χ0n) is 16.6. The first-order chi connectivity index (χ1) is 15.0. The third-order valence-corrected chi connectivity index (χ3v) is 5.70. The lowest BCUT2D eigenvalue weighted by molar-refractivity contribution is -0.0384. The first-order valence-electron chi connectivity index (χ1n) is 9.76. The molecule has 0 aliphatic carbocycles. The molecule has 0 spiro atoms. The Morgan fingerprint density at radius 3 is 2.87 bits per heavy atom. The number of nitrogens with zero attached hydrogens (tertiary/aromatic N) is 4. The highest BCUT2D eigenvalue weighted by Crippen LogP contribution is 2.32. The maximum absolute atomic E-state index is 9.64. The second-order valence-corrected chi connectivity index (χ2v) is 8.49. The van der Waals surface area contributed by atoms with Crippen molar-refractivity contribution in [2.75, 3.05) is 18.3 Å². The van der Waals surface area contributed by atoms with Gasteiger partial charge < -0.3 is 29.7 Å². The van der Waals surface area contributed by atoms with E-state index in [0.717, 1.165) is 12.0 Å². The molecule has 1 saturated heterocycles. The summed E-state index contributed by atoms with van der Waals surface area (Å²) < 4.78 is 13.0. The molecule has 3 heterocycles. The maximum Gasteiger partial charge on any atom is 0.192 e. The van der Waals surface area contributed by atoms with Crippen LogP contribution >= 0.6 is 20.0 Å². The molecule has 1 aliphatic heterocycles. The molecule has 166 valence electrons. The Kier molecular flexibility index (Phi) is 7.29. The number of anilines is 1. The van der Waals surface area contributed by atoms with Crippen LogP contribution in [0.4, 0.5) is 5.82 Å². The van der Waals surface area contributed by atoms with Crippen molar-refractivity contribution in [3.8, 4) is 0 Å². The number of aliphatic hydroxyl groups is 1. The largest absolute Gasteiger partial charge is 0.388 e. The highest BCUT2D eigenvalue weighted by Gasteiger charge is 2.29. The summed E-state index contributed by atoms with van der Waals surface area (Å²) in [5.74, 6) is 0.824. The van der Waals surface area contributed by atoms with Crippen molar-refractivity contribution in [2.24, 2.45) is 0 Å². The van der Waals surface area contributed by atoms with Gasteiger partial charge in [-0.05, 0) is 24.5 Å². The van der Waals surface area contributed by atoms with Crippen LogP contribution in [-0.4, -0.2) is 53.7 Å². The van der Waals surface area contributed by atoms with Gasteiger partial charge in [0, 0.05) is 11.6 Å². The second-order valence-electron chi connectivity index (χ2n) is 7.08. The molecule has 2 unspecified atom stereocenters. The van der Waals surface area contributed by atoms with E-state index in [2.05, 4.69) is 20.4 Å². The number of aliphatic hydroxyl groups excluding tert-OH is 1. The molecular formula is C19H23ClN5O5P. The van der Waals surface area contributed by atoms with E-state index in [0.29, 0.717) is 34.8 Å². The average molecular weight is 468 g/mol. The Hall–Kier alpha value is -1.91. The van der Waals surface area contributed by atoms with Crippen LogP contribution in [0.25, 0.3) is 11.0 Å². The third kappa shape index (κ3) is 5.30. The first-order valence-corrected chi connectivity index (χ1v) is 11.6. The van der Waals surface area contributed by atoms with Crippen molar-refractivity contribution >= 4 is 36.8 Å². The number of rotatable bonds is 9. The van der Waals surface area contributed by atoms with Crippen molar-refractivity contribution < 1.29 is 24.4 Å². The Labute approximate surface area is 184 Å². The summed E-state index contributed by atoms with van der Waals surface area (Å²) in [7, 11) is -2.07. The molecule has 2 atom stereocenters. The monoisotopic (exact) mass is 467 g/mol. The van der Waals surface area contributed by atoms with Crippen LogP contribution in [0.2, 0.25) is 5.02 Å². The molecule has 0 bridgehead atoms. The molecule has 0 amide bonds. The number of fused-ring (bicyclic) bond motifs is 1. The van der Waals surface area contributed by atoms with E-state index < -0.39 is 8.38 Å². The van der Waals surface area contributed by atoms with Gasteiger partial charge in [-0.25, -0.2) is 14.6 Å². The summed E-state index contributed by atoms with van der Waals surface area (Å²) in [4.78, 5) is 26.7. The normalized spacial score (nSPS) is 18.9. The van der Waals surface area contributed by atoms with Gasteiger partial charge in [-0.2, -0.15) is 5.10 Å². The summed E-state index contributed by atoms with van der Waals surface area (Å²) in [6.07, 6.45) is 2.51. The number of halogens is 1. The fourth-order valence-electron chi connectivity index (χ4n) is 3.46. The molecule has 10 nitrogen and oxygen atoms in total. The standard InChI is InChI=1S/C19H23ClN5O5P/c20-15-4-2-1-3-12(15)7-21-18-14-8-22-25(19(14)24-16(9-26)23-18)17-6-5-13(30-17)10-29-11-31(27)28/h1-4,8,13,17,26-28H,5-7,9-11H2,(H,21,23,24). The third-order valence-electron chi connectivity index (χ3n) is 4.91. The highest BCUT2D eigenvalue weighted by atomic mass is 35.5. The Bertz CT molecular complexity index is 1040. The summed E-state index contributed by atoms with van der Waals surface area (Å²) >= 11 is 6.24. The predicted octanol–water partition coefficient (Wildman–Crippen LogP) is 2.53. The summed E-state index contributed by atoms with van der Waals surface area (Å²) in [5, 5.41) is 18.7. The van der Waals surface area contributed by atoms with Gasteiger partial charge in [-0.15, -0.1) is 0 Å². The highest BCUT2D eigenvalue weighted by molar-refractivity contribution is 7.44. The van der Waals surface area contributed by atoms with E-state index in [1.165, 1.54) is 0 Å². The molecule has 0 radical (unpaired) electrons. The lowest BCUT2D eigenvalue weighted by Crippen LogP contribution is -2.18. The van der Waals surface area contributed by atoms with Crippen LogP contribution in [0.5, 0.6) is 0 Å². The molecule has 1 aliphatic rings. The van der Waals surface area contributed by atoms with Crippen LogP contribution in [0.1, 0.15) is 30.5 Å². The van der Waals surface area contributed by atoms with Crippen molar-refractivity contribution in [1.82, 2.24) is 19.7 Å². The number of ether oxygens (including phenoxy) is 2. The van der Waals surface area contributed by atoms with Crippen molar-refractivity contribution in [2.45, 2.75) is 38.3 Å². The number of aromatic nitrogens is 4. The zero-order valence-corrected chi connectivity index (χ0v) is 18.2. The molecule has 31 heavy (non-hydrogen) atoms. The second kappa shape index (κ2) is 10.1. The number of hydrogen-bond donors (Lipinski definition) is 4. The molecule has 4 N–H and O–H groups in total. The number of nitrogens with one attached hydrogen (secondary N) is 1. The molecule has 1 aromatic carbocycles. The van der Waals surface area contributed by atoms with Gasteiger partial charge in [0.25, 0.3) is 0 Å². The van der Waals surface area contributed by atoms with Crippen LogP contribution in [0.15, 0.2) is 30.5 Å². The minimum absolute atomic E-state index is 0.0991. The Morgan fingerprint density at radius 1 is 1.26 bits per heavy atom. The fourth-order valence-corrected chi connectivity index (χ4v) is 3.93. The van der Waals surface area contributed by atoms with Gasteiger partial charge in [0.15, 0.2) is 26.1 Å². The van der Waals surface area contributed by atoms with Crippen LogP contribution in [0, 0.1) is 0 Å². The van der Waals surface area contributed by atoms with Crippen LogP contribution < -0.4 is 5.32 Å². The van der Waals surface area contributed by atoms with Crippen molar-refractivity contribution in [3.05, 3.63) is 46.9 Å². The summed E-state index contributed by atoms with van der Waals surface area (Å²) in [6, 6.07) is 7.53. The number of hydrogen-bond acceptors (Lipinski definition) is 9. The van der Waals surface area contributed by atoms with Gasteiger partial charge in [-0.3, -0.25) is 0 Å². The molecule has 1 fully saturated rings. The van der Waals surface area contributed by atoms with Gasteiger partial charge in [0.1, 0.15) is 18.8 Å². The van der Waals surface area contributed by atoms with Crippen molar-refractivity contribution in [1.29, 1.82) is 0 Å². The minimum atomic E-state index is -2.07. The zero-order chi connectivity index (χ0) is 21.8. The maximum atomic E-state index is 9.64. The van der Waals surface area contributed by atoms with Gasteiger partial charge in [-0.1, -0.05) is 29.8 Å². The van der Waals surface area contributed by atoms with Gasteiger partial charge in [0.05, 0.1) is 24.3 Å². The summed E-state index contributed by atoms with van der Waals surface area (Å²) in [5.41, 5.74) is 1.48. The lowest BCUT2D eigenvalue weighted by atomic mass is 10.2. The van der Waals surface area contributed by atoms with E-state index in [1.807, 2.05) is 24.3 Å². The van der Waals surface area contributed by atoms with Crippen LogP contribution in [0.3, 0.4) is 0 Å². The SMILES string of the molecule is OCc1nc(NCc2ccccc2Cl)c2cnn(C3CCC(COCP(O)O)O3)c2n1. The van der Waals surface area contributed by atoms with E-state index in [1.54, 1.807) is 10.9 Å². The van der Waals surface area contributed by atoms with Gasteiger partial charge >= 0.3 is 0 Å². The molecule has 0 saturated carbocycles. The van der Waals surface area contributed by atoms with Crippen LogP contribution in [-0.2, 0) is 22.6 Å². The summed E-state index contributed by atoms with van der Waals surface area (Å²) in [6.45, 7) is 0.422. The van der Waals surface area contributed by atoms with Crippen molar-refractivity contribution in [3.63, 3.8) is 0 Å². The topological polar surface area (TPSA) is 135 Å². The van der Waals surface area contributed by atoms with E-state index in [-0.39, 0.29) is 37.7 Å². The van der Waals surface area contributed by atoms with E-state index >= 15 is 0 Å². The molecule has 12 heteroatoms. The Balaban J connectivity index is 1.52.